The van der Waals surface area contributed by atoms with Crippen LogP contribution in [0.4, 0.5) is 8.78 Å². The predicted octanol–water partition coefficient (Wildman–Crippen LogP) is 3.43. The van der Waals surface area contributed by atoms with E-state index in [1.54, 1.807) is 25.4 Å². The summed E-state index contributed by atoms with van der Waals surface area (Å²) in [5.74, 6) is -1.31. The van der Waals surface area contributed by atoms with Crippen LogP contribution in [0.1, 0.15) is 37.3 Å². The van der Waals surface area contributed by atoms with Crippen molar-refractivity contribution >= 4 is 5.91 Å². The SMILES string of the molecule is Cc1c(F)cccc1[C@]1(C(=O)NO)CC[C@@](C)(Oc2cncc(F)c2)C1. The number of nitrogens with one attached hydrogen (secondary N) is 1. The van der Waals surface area contributed by atoms with E-state index in [1.165, 1.54) is 24.4 Å². The minimum Gasteiger partial charge on any atom is -0.486 e. The van der Waals surface area contributed by atoms with Gasteiger partial charge in [0.2, 0.25) is 0 Å². The number of carbonyl (C=O) groups excluding carboxylic acids is 1. The number of nitrogens with zero attached hydrogens (tertiary/aromatic N) is 1. The molecular formula is C19H20F2N2O3. The second kappa shape index (κ2) is 6.64. The summed E-state index contributed by atoms with van der Waals surface area (Å²) in [5, 5.41) is 9.28. The number of hydrogen-bond acceptors (Lipinski definition) is 4. The quantitative estimate of drug-likeness (QED) is 0.646. The van der Waals surface area contributed by atoms with Crippen LogP contribution in [0.5, 0.6) is 5.75 Å². The second-order valence-electron chi connectivity index (χ2n) is 7.00. The van der Waals surface area contributed by atoms with Crippen molar-refractivity contribution in [3.8, 4) is 5.75 Å². The molecule has 0 unspecified atom stereocenters. The lowest BCUT2D eigenvalue weighted by atomic mass is 9.75. The zero-order chi connectivity index (χ0) is 18.9. The van der Waals surface area contributed by atoms with Gasteiger partial charge in [0.1, 0.15) is 23.0 Å². The molecule has 0 spiro atoms. The first-order valence-corrected chi connectivity index (χ1v) is 8.29. The fraction of sp³-hybridized carbons (Fsp3) is 0.368. The molecule has 138 valence electrons. The molecule has 5 nitrogen and oxygen atoms in total. The molecular weight excluding hydrogens is 342 g/mol. The normalized spacial score (nSPS) is 25.1. The van der Waals surface area contributed by atoms with Crippen molar-refractivity contribution in [2.45, 2.75) is 44.1 Å². The minimum absolute atomic E-state index is 0.202. The number of pyridine rings is 1. The molecule has 1 fully saturated rings. The highest BCUT2D eigenvalue weighted by Crippen LogP contribution is 2.49. The Morgan fingerprint density at radius 2 is 2.08 bits per heavy atom. The van der Waals surface area contributed by atoms with E-state index in [0.29, 0.717) is 24.0 Å². The molecule has 0 radical (unpaired) electrons. The van der Waals surface area contributed by atoms with Crippen molar-refractivity contribution in [3.63, 3.8) is 0 Å². The van der Waals surface area contributed by atoms with Gasteiger partial charge in [-0.2, -0.15) is 0 Å². The number of rotatable bonds is 4. The number of hydroxylamine groups is 1. The Bertz CT molecular complexity index is 845. The van der Waals surface area contributed by atoms with E-state index < -0.39 is 28.6 Å². The molecule has 0 aliphatic heterocycles. The van der Waals surface area contributed by atoms with Crippen LogP contribution < -0.4 is 10.2 Å². The first-order chi connectivity index (χ1) is 12.3. The van der Waals surface area contributed by atoms with Gasteiger partial charge in [-0.05, 0) is 43.9 Å². The Morgan fingerprint density at radius 3 is 2.77 bits per heavy atom. The van der Waals surface area contributed by atoms with Gasteiger partial charge in [0.25, 0.3) is 5.91 Å². The molecule has 1 aromatic heterocycles. The van der Waals surface area contributed by atoms with Crippen molar-refractivity contribution in [2.24, 2.45) is 0 Å². The second-order valence-corrected chi connectivity index (χ2v) is 7.00. The third-order valence-corrected chi connectivity index (χ3v) is 5.12. The number of carbonyl (C=O) groups is 1. The van der Waals surface area contributed by atoms with E-state index in [4.69, 9.17) is 4.74 Å². The lowest BCUT2D eigenvalue weighted by Crippen LogP contribution is -2.44. The third-order valence-electron chi connectivity index (χ3n) is 5.12. The van der Waals surface area contributed by atoms with Crippen LogP contribution in [0.3, 0.4) is 0 Å². The average Bonchev–Trinajstić information content (AvgIpc) is 2.95. The Kier molecular flexibility index (Phi) is 4.66. The average molecular weight is 362 g/mol. The van der Waals surface area contributed by atoms with Gasteiger partial charge in [0, 0.05) is 12.5 Å². The molecule has 2 atom stereocenters. The van der Waals surface area contributed by atoms with Gasteiger partial charge in [0.05, 0.1) is 17.8 Å². The maximum absolute atomic E-state index is 14.1. The number of ether oxygens (including phenoxy) is 1. The summed E-state index contributed by atoms with van der Waals surface area (Å²) in [7, 11) is 0. The maximum atomic E-state index is 14.1. The topological polar surface area (TPSA) is 71.5 Å². The van der Waals surface area contributed by atoms with Gasteiger partial charge in [0.15, 0.2) is 0 Å². The monoisotopic (exact) mass is 362 g/mol. The summed E-state index contributed by atoms with van der Waals surface area (Å²) >= 11 is 0. The van der Waals surface area contributed by atoms with Gasteiger partial charge in [-0.25, -0.2) is 14.3 Å². The Hall–Kier alpha value is -2.54. The molecule has 0 bridgehead atoms. The predicted molar refractivity (Wildman–Crippen MR) is 89.8 cm³/mol. The van der Waals surface area contributed by atoms with Crippen LogP contribution in [-0.4, -0.2) is 21.7 Å². The largest absolute Gasteiger partial charge is 0.486 e. The highest BCUT2D eigenvalue weighted by Gasteiger charge is 2.53. The number of benzene rings is 1. The smallest absolute Gasteiger partial charge is 0.254 e. The molecule has 1 amide bonds. The van der Waals surface area contributed by atoms with Crippen LogP contribution in [0.25, 0.3) is 0 Å². The Morgan fingerprint density at radius 1 is 1.31 bits per heavy atom. The number of aromatic nitrogens is 1. The molecule has 26 heavy (non-hydrogen) atoms. The molecule has 2 N–H and O–H groups in total. The van der Waals surface area contributed by atoms with Gasteiger partial charge in [-0.15, -0.1) is 0 Å². The highest BCUT2D eigenvalue weighted by molar-refractivity contribution is 5.88. The molecule has 1 aromatic carbocycles. The molecule has 2 aromatic rings. The van der Waals surface area contributed by atoms with Crippen molar-refractivity contribution in [2.75, 3.05) is 0 Å². The summed E-state index contributed by atoms with van der Waals surface area (Å²) in [6, 6.07) is 5.77. The summed E-state index contributed by atoms with van der Waals surface area (Å²) < 4.78 is 33.4. The first kappa shape index (κ1) is 18.3. The van der Waals surface area contributed by atoms with Crippen LogP contribution in [0.2, 0.25) is 0 Å². The van der Waals surface area contributed by atoms with Crippen LogP contribution in [0.15, 0.2) is 36.7 Å². The summed E-state index contributed by atoms with van der Waals surface area (Å²) in [6.07, 6.45) is 3.49. The van der Waals surface area contributed by atoms with Crippen LogP contribution in [-0.2, 0) is 10.2 Å². The van der Waals surface area contributed by atoms with Gasteiger partial charge in [-0.1, -0.05) is 12.1 Å². The number of amides is 1. The minimum atomic E-state index is -1.14. The molecule has 1 heterocycles. The van der Waals surface area contributed by atoms with E-state index in [9.17, 15) is 18.8 Å². The number of halogens is 2. The first-order valence-electron chi connectivity index (χ1n) is 8.29. The lowest BCUT2D eigenvalue weighted by molar-refractivity contribution is -0.135. The van der Waals surface area contributed by atoms with Crippen molar-refractivity contribution in [1.82, 2.24) is 10.5 Å². The van der Waals surface area contributed by atoms with Gasteiger partial charge in [-0.3, -0.25) is 15.0 Å². The molecule has 1 aliphatic rings. The van der Waals surface area contributed by atoms with E-state index in [0.717, 1.165) is 6.20 Å². The van der Waals surface area contributed by atoms with E-state index in [-0.39, 0.29) is 12.2 Å². The summed E-state index contributed by atoms with van der Waals surface area (Å²) in [6.45, 7) is 3.41. The Labute approximate surface area is 150 Å². The molecule has 3 rings (SSSR count). The lowest BCUT2D eigenvalue weighted by Gasteiger charge is -2.32. The number of hydrogen-bond donors (Lipinski definition) is 2. The molecule has 7 heteroatoms. The van der Waals surface area contributed by atoms with Crippen molar-refractivity contribution in [1.29, 1.82) is 0 Å². The molecule has 0 saturated heterocycles. The summed E-state index contributed by atoms with van der Waals surface area (Å²) in [5.41, 5.74) is 0.630. The van der Waals surface area contributed by atoms with Crippen LogP contribution in [0, 0.1) is 18.6 Å². The zero-order valence-corrected chi connectivity index (χ0v) is 14.6. The maximum Gasteiger partial charge on any atom is 0.254 e. The highest BCUT2D eigenvalue weighted by atomic mass is 19.1. The standard InChI is InChI=1S/C19H20F2N2O3/c1-12-15(4-3-5-16(12)21)19(17(24)23-25)7-6-18(2,11-19)26-14-8-13(20)9-22-10-14/h3-5,8-10,25H,6-7,11H2,1-2H3,(H,23,24)/t18-,19+/m1/s1. The third kappa shape index (κ3) is 3.14. The van der Waals surface area contributed by atoms with Crippen molar-refractivity contribution < 1.29 is 23.5 Å². The summed E-state index contributed by atoms with van der Waals surface area (Å²) in [4.78, 5) is 16.3. The van der Waals surface area contributed by atoms with E-state index >= 15 is 0 Å². The van der Waals surface area contributed by atoms with Gasteiger partial charge >= 0.3 is 0 Å². The van der Waals surface area contributed by atoms with Crippen LogP contribution >= 0.6 is 0 Å². The molecule has 1 saturated carbocycles. The molecule has 1 aliphatic carbocycles. The Balaban J connectivity index is 1.98. The van der Waals surface area contributed by atoms with E-state index in [2.05, 4.69) is 4.98 Å². The fourth-order valence-corrected chi connectivity index (χ4v) is 3.89. The fourth-order valence-electron chi connectivity index (χ4n) is 3.89. The van der Waals surface area contributed by atoms with E-state index in [1.807, 2.05) is 0 Å². The van der Waals surface area contributed by atoms with Crippen molar-refractivity contribution in [3.05, 3.63) is 59.4 Å². The van der Waals surface area contributed by atoms with Gasteiger partial charge < -0.3 is 4.74 Å². The zero-order valence-electron chi connectivity index (χ0n) is 14.6.